The SMILES string of the molecule is CCCc1nnc2sc3c(c[nH]n12)C(C)=NN=3. The van der Waals surface area contributed by atoms with E-state index in [1.807, 2.05) is 17.6 Å². The maximum atomic E-state index is 4.17. The number of hydrogen-bond donors (Lipinski definition) is 1. The Kier molecular flexibility index (Phi) is 2.40. The molecule has 1 aliphatic rings. The lowest BCUT2D eigenvalue weighted by Crippen LogP contribution is -2.02. The molecule has 0 unspecified atom stereocenters. The van der Waals surface area contributed by atoms with Crippen LogP contribution >= 0.6 is 11.3 Å². The fraction of sp³-hybridized carbons (Fsp3) is 0.400. The molecule has 17 heavy (non-hydrogen) atoms. The van der Waals surface area contributed by atoms with E-state index in [1.165, 1.54) is 11.3 Å². The molecule has 0 fully saturated rings. The molecule has 6 nitrogen and oxygen atoms in total. The van der Waals surface area contributed by atoms with E-state index in [2.05, 4.69) is 32.4 Å². The van der Waals surface area contributed by atoms with Crippen LogP contribution in [0.4, 0.5) is 0 Å². The molecule has 0 saturated heterocycles. The molecule has 1 N–H and O–H groups in total. The van der Waals surface area contributed by atoms with Crippen LogP contribution in [0.1, 0.15) is 31.7 Å². The first-order valence-corrected chi connectivity index (χ1v) is 6.33. The summed E-state index contributed by atoms with van der Waals surface area (Å²) < 4.78 is 2.79. The van der Waals surface area contributed by atoms with Gasteiger partial charge in [-0.3, -0.25) is 5.10 Å². The molecule has 0 spiro atoms. The molecular formula is C10H12N6S. The van der Waals surface area contributed by atoms with Crippen LogP contribution in [0.5, 0.6) is 0 Å². The highest BCUT2D eigenvalue weighted by Gasteiger charge is 2.10. The van der Waals surface area contributed by atoms with E-state index >= 15 is 0 Å². The van der Waals surface area contributed by atoms with Crippen molar-refractivity contribution in [3.05, 3.63) is 22.3 Å². The van der Waals surface area contributed by atoms with Gasteiger partial charge < -0.3 is 0 Å². The Morgan fingerprint density at radius 1 is 1.35 bits per heavy atom. The van der Waals surface area contributed by atoms with Crippen LogP contribution in [-0.2, 0) is 6.42 Å². The minimum absolute atomic E-state index is 0.809. The Bertz CT molecular complexity index is 687. The molecule has 2 aromatic rings. The van der Waals surface area contributed by atoms with E-state index in [0.717, 1.165) is 39.6 Å². The molecule has 0 radical (unpaired) electrons. The van der Waals surface area contributed by atoms with Crippen LogP contribution in [0.15, 0.2) is 16.4 Å². The van der Waals surface area contributed by atoms with Gasteiger partial charge in [-0.2, -0.15) is 5.10 Å². The van der Waals surface area contributed by atoms with Gasteiger partial charge in [0.25, 0.3) is 0 Å². The topological polar surface area (TPSA) is 70.7 Å². The standard InChI is InChI=1S/C10H12N6S/c1-3-4-8-13-15-10-16(8)11-5-7-6(2)12-14-9(7)17-10/h5,11H,3-4H2,1-2H3. The number of hydrogen-bond acceptors (Lipinski definition) is 5. The van der Waals surface area contributed by atoms with Gasteiger partial charge in [-0.05, 0) is 13.3 Å². The van der Waals surface area contributed by atoms with Gasteiger partial charge >= 0.3 is 0 Å². The molecule has 0 saturated carbocycles. The molecule has 7 heteroatoms. The predicted molar refractivity (Wildman–Crippen MR) is 65.8 cm³/mol. The number of nitrogens with zero attached hydrogens (tertiary/aromatic N) is 5. The summed E-state index contributed by atoms with van der Waals surface area (Å²) in [6.45, 7) is 4.07. The molecule has 0 amide bonds. The Labute approximate surface area is 101 Å². The van der Waals surface area contributed by atoms with Crippen LogP contribution in [0.2, 0.25) is 0 Å². The zero-order valence-electron chi connectivity index (χ0n) is 9.64. The molecular weight excluding hydrogens is 236 g/mol. The molecule has 0 aromatic carbocycles. The third-order valence-corrected chi connectivity index (χ3v) is 3.55. The minimum atomic E-state index is 0.809. The summed E-state index contributed by atoms with van der Waals surface area (Å²) in [5.74, 6) is 0.946. The van der Waals surface area contributed by atoms with Crippen molar-refractivity contribution in [1.29, 1.82) is 0 Å². The van der Waals surface area contributed by atoms with Gasteiger partial charge in [0.1, 0.15) is 0 Å². The Hall–Kier alpha value is -1.76. The van der Waals surface area contributed by atoms with E-state index in [0.29, 0.717) is 0 Å². The average molecular weight is 248 g/mol. The Morgan fingerprint density at radius 3 is 3.06 bits per heavy atom. The van der Waals surface area contributed by atoms with E-state index in [9.17, 15) is 0 Å². The zero-order chi connectivity index (χ0) is 11.8. The summed E-state index contributed by atoms with van der Waals surface area (Å²) in [7, 11) is 0. The van der Waals surface area contributed by atoms with Crippen LogP contribution in [0, 0.1) is 0 Å². The molecule has 0 atom stereocenters. The van der Waals surface area contributed by atoms with Crippen LogP contribution in [0.25, 0.3) is 4.96 Å². The summed E-state index contributed by atoms with van der Waals surface area (Å²) in [4.78, 5) is 0.809. The van der Waals surface area contributed by atoms with Crippen molar-refractivity contribution in [3.63, 3.8) is 0 Å². The van der Waals surface area contributed by atoms with Gasteiger partial charge in [0.2, 0.25) is 4.96 Å². The molecule has 88 valence electrons. The van der Waals surface area contributed by atoms with Crippen molar-refractivity contribution >= 4 is 22.0 Å². The van der Waals surface area contributed by atoms with Gasteiger partial charge in [-0.25, -0.2) is 4.52 Å². The number of rotatable bonds is 2. The van der Waals surface area contributed by atoms with Gasteiger partial charge in [-0.1, -0.05) is 18.3 Å². The fourth-order valence-corrected chi connectivity index (χ4v) is 2.62. The number of nitrogens with one attached hydrogen (secondary N) is 1. The first-order valence-electron chi connectivity index (χ1n) is 5.51. The molecule has 3 rings (SSSR count). The van der Waals surface area contributed by atoms with Crippen LogP contribution < -0.4 is 4.67 Å². The van der Waals surface area contributed by atoms with Crippen molar-refractivity contribution in [1.82, 2.24) is 19.8 Å². The Balaban J connectivity index is 2.28. The molecule has 0 aliphatic carbocycles. The predicted octanol–water partition coefficient (Wildman–Crippen LogP) is 1.27. The highest BCUT2D eigenvalue weighted by Crippen LogP contribution is 2.08. The number of H-pyrrole nitrogens is 1. The molecule has 1 aliphatic heterocycles. The average Bonchev–Trinajstić information content (AvgIpc) is 2.79. The van der Waals surface area contributed by atoms with E-state index in [1.54, 1.807) is 0 Å². The lowest BCUT2D eigenvalue weighted by Gasteiger charge is -1.93. The van der Waals surface area contributed by atoms with Crippen molar-refractivity contribution < 1.29 is 0 Å². The summed E-state index contributed by atoms with van der Waals surface area (Å²) in [5, 5.41) is 19.7. The second kappa shape index (κ2) is 3.92. The number of aromatic nitrogens is 4. The lowest BCUT2D eigenvalue weighted by atomic mass is 10.3. The molecule has 2 aromatic heterocycles. The molecule has 3 heterocycles. The number of aryl methyl sites for hydroxylation is 1. The quantitative estimate of drug-likeness (QED) is 0.869. The first-order chi connectivity index (χ1) is 8.29. The number of aromatic amines is 1. The summed E-state index contributed by atoms with van der Waals surface area (Å²) in [6, 6.07) is 0. The van der Waals surface area contributed by atoms with Crippen LogP contribution in [-0.4, -0.2) is 25.5 Å². The van der Waals surface area contributed by atoms with Gasteiger partial charge in [0.15, 0.2) is 10.5 Å². The maximum absolute atomic E-state index is 4.17. The Morgan fingerprint density at radius 2 is 2.24 bits per heavy atom. The second-order valence-electron chi connectivity index (χ2n) is 3.86. The van der Waals surface area contributed by atoms with E-state index in [4.69, 9.17) is 0 Å². The monoisotopic (exact) mass is 248 g/mol. The maximum Gasteiger partial charge on any atom is 0.233 e. The van der Waals surface area contributed by atoms with E-state index < -0.39 is 0 Å². The fourth-order valence-electron chi connectivity index (χ4n) is 1.72. The van der Waals surface area contributed by atoms with Crippen molar-refractivity contribution in [2.24, 2.45) is 10.2 Å². The highest BCUT2D eigenvalue weighted by molar-refractivity contribution is 7.14. The first kappa shape index (κ1) is 10.4. The third-order valence-electron chi connectivity index (χ3n) is 2.61. The van der Waals surface area contributed by atoms with Gasteiger partial charge in [-0.15, -0.1) is 15.3 Å². The second-order valence-corrected chi connectivity index (χ2v) is 4.82. The smallest absolute Gasteiger partial charge is 0.233 e. The third kappa shape index (κ3) is 1.62. The lowest BCUT2D eigenvalue weighted by molar-refractivity contribution is 0.773. The summed E-state index contributed by atoms with van der Waals surface area (Å²) in [5.41, 5.74) is 1.96. The normalized spacial score (nSPS) is 13.4. The van der Waals surface area contributed by atoms with Crippen LogP contribution in [0.3, 0.4) is 0 Å². The summed E-state index contributed by atoms with van der Waals surface area (Å²) >= 11 is 1.49. The zero-order valence-corrected chi connectivity index (χ0v) is 10.5. The molecule has 0 bridgehead atoms. The van der Waals surface area contributed by atoms with Gasteiger partial charge in [0, 0.05) is 12.6 Å². The number of fused-ring (bicyclic) bond motifs is 2. The largest absolute Gasteiger partial charge is 0.297 e. The van der Waals surface area contributed by atoms with Crippen molar-refractivity contribution in [2.45, 2.75) is 26.7 Å². The van der Waals surface area contributed by atoms with Gasteiger partial charge in [0.05, 0.1) is 11.3 Å². The van der Waals surface area contributed by atoms with Crippen molar-refractivity contribution in [2.75, 3.05) is 0 Å². The minimum Gasteiger partial charge on any atom is -0.297 e. The van der Waals surface area contributed by atoms with E-state index in [-0.39, 0.29) is 0 Å². The summed E-state index contributed by atoms with van der Waals surface area (Å²) in [6.07, 6.45) is 3.86. The highest BCUT2D eigenvalue weighted by atomic mass is 32.1. The van der Waals surface area contributed by atoms with Crippen molar-refractivity contribution in [3.8, 4) is 0 Å².